The average molecular weight is 441 g/mol. The highest BCUT2D eigenvalue weighted by Crippen LogP contribution is 2.31. The van der Waals surface area contributed by atoms with Crippen LogP contribution >= 0.6 is 0 Å². The summed E-state index contributed by atoms with van der Waals surface area (Å²) in [5, 5.41) is 9.16. The number of nitrogens with two attached hydrogens (primary N) is 2. The lowest BCUT2D eigenvalue weighted by atomic mass is 9.90. The van der Waals surface area contributed by atoms with Gasteiger partial charge in [0.15, 0.2) is 0 Å². The molecule has 0 aliphatic carbocycles. The first-order valence-corrected chi connectivity index (χ1v) is 10.4. The van der Waals surface area contributed by atoms with Crippen molar-refractivity contribution >= 4 is 23.2 Å². The molecule has 0 radical (unpaired) electrons. The number of aliphatic imine (C=N–C) groups is 2. The van der Waals surface area contributed by atoms with E-state index in [0.29, 0.717) is 29.3 Å². The zero-order valence-corrected chi connectivity index (χ0v) is 18.1. The second kappa shape index (κ2) is 9.50. The molecule has 7 heteroatoms. The average Bonchev–Trinajstić information content (AvgIpc) is 2.84. The Balaban J connectivity index is 1.72. The largest absolute Gasteiger partial charge is 0.478 e. The van der Waals surface area contributed by atoms with Crippen molar-refractivity contribution in [2.75, 3.05) is 7.05 Å². The number of carboxylic acid groups (broad SMARTS) is 1. The van der Waals surface area contributed by atoms with Gasteiger partial charge in [0.25, 0.3) is 0 Å². The lowest BCUT2D eigenvalue weighted by Crippen LogP contribution is -2.36. The molecule has 166 valence electrons. The first-order valence-electron chi connectivity index (χ1n) is 10.4. The van der Waals surface area contributed by atoms with E-state index < -0.39 is 12.0 Å². The van der Waals surface area contributed by atoms with Crippen molar-refractivity contribution in [3.8, 4) is 11.5 Å². The number of amidine groups is 1. The van der Waals surface area contributed by atoms with Crippen molar-refractivity contribution in [2.24, 2.45) is 21.5 Å². The van der Waals surface area contributed by atoms with E-state index in [1.54, 1.807) is 31.3 Å². The summed E-state index contributed by atoms with van der Waals surface area (Å²) < 4.78 is 5.89. The Morgan fingerprint density at radius 1 is 0.970 bits per heavy atom. The minimum atomic E-state index is -0.976. The first kappa shape index (κ1) is 22.0. The van der Waals surface area contributed by atoms with Crippen LogP contribution in [-0.2, 0) is 0 Å². The van der Waals surface area contributed by atoms with Crippen molar-refractivity contribution in [3.63, 3.8) is 0 Å². The normalized spacial score (nSPS) is 16.4. The molecule has 5 N–H and O–H groups in total. The molecule has 1 aliphatic heterocycles. The maximum atomic E-state index is 11.2. The standard InChI is InChI=1S/C26H24N4O3/c1-29-25(28)23-21(27)15-22(16-7-9-18(10-8-16)26(31)32)30-24(23)17-11-13-20(14-12-17)33-19-5-3-2-4-6-19/h2-14,21H,15,27H2,1H3,(H2,28,29)(H,31,32). The molecule has 7 nitrogen and oxygen atoms in total. The molecule has 4 rings (SSSR count). The number of aromatic carboxylic acids is 1. The maximum Gasteiger partial charge on any atom is 0.335 e. The lowest BCUT2D eigenvalue weighted by Gasteiger charge is -2.25. The van der Waals surface area contributed by atoms with Gasteiger partial charge >= 0.3 is 5.97 Å². The Kier molecular flexibility index (Phi) is 6.33. The molecular weight excluding hydrogens is 416 g/mol. The second-order valence-corrected chi connectivity index (χ2v) is 7.56. The van der Waals surface area contributed by atoms with Gasteiger partial charge in [-0.05, 0) is 54.1 Å². The molecule has 1 unspecified atom stereocenters. The van der Waals surface area contributed by atoms with E-state index in [-0.39, 0.29) is 5.56 Å². The number of carbonyl (C=O) groups is 1. The molecule has 1 atom stereocenters. The van der Waals surface area contributed by atoms with E-state index in [9.17, 15) is 4.79 Å². The van der Waals surface area contributed by atoms with Crippen molar-refractivity contribution in [2.45, 2.75) is 12.5 Å². The summed E-state index contributed by atoms with van der Waals surface area (Å²) in [5.41, 5.74) is 16.6. The Hall–Kier alpha value is -4.23. The maximum absolute atomic E-state index is 11.2. The van der Waals surface area contributed by atoms with Crippen LogP contribution in [0.25, 0.3) is 5.70 Å². The van der Waals surface area contributed by atoms with Gasteiger partial charge in [0, 0.05) is 30.6 Å². The Labute approximate surface area is 191 Å². The molecular formula is C26H24N4O3. The van der Waals surface area contributed by atoms with Crippen molar-refractivity contribution < 1.29 is 14.6 Å². The van der Waals surface area contributed by atoms with Crippen LogP contribution in [0.5, 0.6) is 11.5 Å². The van der Waals surface area contributed by atoms with Crippen LogP contribution in [0.2, 0.25) is 0 Å². The van der Waals surface area contributed by atoms with Crippen LogP contribution in [-0.4, -0.2) is 35.7 Å². The summed E-state index contributed by atoms with van der Waals surface area (Å²) in [4.78, 5) is 20.2. The third kappa shape index (κ3) is 4.83. The number of benzene rings is 3. The highest BCUT2D eigenvalue weighted by Gasteiger charge is 2.26. The topological polar surface area (TPSA) is 123 Å². The molecule has 0 bridgehead atoms. The van der Waals surface area contributed by atoms with E-state index >= 15 is 0 Å². The number of para-hydroxylation sites is 1. The predicted octanol–water partition coefficient (Wildman–Crippen LogP) is 4.10. The predicted molar refractivity (Wildman–Crippen MR) is 130 cm³/mol. The molecule has 33 heavy (non-hydrogen) atoms. The van der Waals surface area contributed by atoms with Gasteiger partial charge < -0.3 is 21.3 Å². The fraction of sp³-hybridized carbons (Fsp3) is 0.115. The third-order valence-electron chi connectivity index (χ3n) is 5.37. The van der Waals surface area contributed by atoms with Gasteiger partial charge in [-0.2, -0.15) is 0 Å². The summed E-state index contributed by atoms with van der Waals surface area (Å²) in [6.45, 7) is 0. The molecule has 0 aromatic heterocycles. The third-order valence-corrected chi connectivity index (χ3v) is 5.37. The van der Waals surface area contributed by atoms with Crippen LogP contribution in [0.4, 0.5) is 0 Å². The minimum absolute atomic E-state index is 0.215. The summed E-state index contributed by atoms with van der Waals surface area (Å²) in [6, 6.07) is 23.3. The van der Waals surface area contributed by atoms with Crippen molar-refractivity contribution in [1.29, 1.82) is 0 Å². The molecule has 3 aromatic carbocycles. The zero-order chi connectivity index (χ0) is 23.4. The molecule has 0 fully saturated rings. The van der Waals surface area contributed by atoms with Crippen LogP contribution in [0, 0.1) is 0 Å². The van der Waals surface area contributed by atoms with E-state index in [4.69, 9.17) is 26.3 Å². The Bertz CT molecular complexity index is 1240. The van der Waals surface area contributed by atoms with Gasteiger partial charge in [0.05, 0.1) is 17.0 Å². The van der Waals surface area contributed by atoms with Gasteiger partial charge in [0.2, 0.25) is 0 Å². The molecule has 1 aliphatic rings. The number of ether oxygens (including phenoxy) is 1. The highest BCUT2D eigenvalue weighted by molar-refractivity contribution is 6.12. The van der Waals surface area contributed by atoms with Gasteiger partial charge in [0.1, 0.15) is 17.3 Å². The molecule has 0 saturated carbocycles. The van der Waals surface area contributed by atoms with Gasteiger partial charge in [-0.15, -0.1) is 0 Å². The molecule has 0 spiro atoms. The summed E-state index contributed by atoms with van der Waals surface area (Å²) >= 11 is 0. The fourth-order valence-corrected chi connectivity index (χ4v) is 3.67. The minimum Gasteiger partial charge on any atom is -0.478 e. The number of carboxylic acids is 1. The summed E-state index contributed by atoms with van der Waals surface area (Å²) in [6.07, 6.45) is 0.455. The number of rotatable bonds is 6. The monoisotopic (exact) mass is 440 g/mol. The second-order valence-electron chi connectivity index (χ2n) is 7.56. The van der Waals surface area contributed by atoms with E-state index in [2.05, 4.69) is 4.99 Å². The van der Waals surface area contributed by atoms with Crippen molar-refractivity contribution in [3.05, 3.63) is 101 Å². The Morgan fingerprint density at radius 2 is 1.58 bits per heavy atom. The van der Waals surface area contributed by atoms with Crippen LogP contribution in [0.1, 0.15) is 27.9 Å². The van der Waals surface area contributed by atoms with Gasteiger partial charge in [-0.25, -0.2) is 4.79 Å². The summed E-state index contributed by atoms with van der Waals surface area (Å²) in [5.74, 6) is 0.803. The van der Waals surface area contributed by atoms with E-state index in [0.717, 1.165) is 22.6 Å². The molecule has 0 amide bonds. The summed E-state index contributed by atoms with van der Waals surface area (Å²) in [7, 11) is 1.62. The molecule has 1 heterocycles. The van der Waals surface area contributed by atoms with E-state index in [1.165, 1.54) is 0 Å². The number of nitrogens with zero attached hydrogens (tertiary/aromatic N) is 2. The number of hydrogen-bond donors (Lipinski definition) is 3. The van der Waals surface area contributed by atoms with Crippen LogP contribution in [0.15, 0.2) is 94.4 Å². The van der Waals surface area contributed by atoms with E-state index in [1.807, 2.05) is 54.6 Å². The van der Waals surface area contributed by atoms with Crippen LogP contribution < -0.4 is 16.2 Å². The lowest BCUT2D eigenvalue weighted by molar-refractivity contribution is 0.0697. The van der Waals surface area contributed by atoms with Crippen LogP contribution in [0.3, 0.4) is 0 Å². The molecule has 0 saturated heterocycles. The smallest absolute Gasteiger partial charge is 0.335 e. The fourth-order valence-electron chi connectivity index (χ4n) is 3.67. The zero-order valence-electron chi connectivity index (χ0n) is 18.1. The number of hydrogen-bond acceptors (Lipinski definition) is 5. The SMILES string of the molecule is CN=C(N)C1=C(c2ccc(Oc3ccccc3)cc2)N=C(c2ccc(C(=O)O)cc2)CC1N. The quantitative estimate of drug-likeness (QED) is 0.393. The molecule has 3 aromatic rings. The van der Waals surface area contributed by atoms with Gasteiger partial charge in [-0.3, -0.25) is 9.98 Å². The first-order chi connectivity index (χ1) is 16.0. The Morgan fingerprint density at radius 3 is 2.18 bits per heavy atom. The highest BCUT2D eigenvalue weighted by atomic mass is 16.5. The van der Waals surface area contributed by atoms with Crippen molar-refractivity contribution in [1.82, 2.24) is 0 Å². The van der Waals surface area contributed by atoms with Gasteiger partial charge in [-0.1, -0.05) is 30.3 Å².